The maximum absolute atomic E-state index is 12.6. The minimum Gasteiger partial charge on any atom is -0.494 e. The number of pyridine rings is 1. The lowest BCUT2D eigenvalue weighted by atomic mass is 10.1. The highest BCUT2D eigenvalue weighted by Gasteiger charge is 2.19. The second-order valence-corrected chi connectivity index (χ2v) is 8.54. The molecular weight excluding hydrogens is 464 g/mol. The summed E-state index contributed by atoms with van der Waals surface area (Å²) >= 11 is 0. The Balaban J connectivity index is 1.39. The van der Waals surface area contributed by atoms with Gasteiger partial charge >= 0.3 is 0 Å². The first-order chi connectivity index (χ1) is 18.1. The highest BCUT2D eigenvalue weighted by Crippen LogP contribution is 2.33. The number of aromatic nitrogens is 3. The lowest BCUT2D eigenvalue weighted by molar-refractivity contribution is -0.123. The van der Waals surface area contributed by atoms with Crippen molar-refractivity contribution in [3.05, 3.63) is 102 Å². The number of amides is 1. The van der Waals surface area contributed by atoms with Crippen molar-refractivity contribution in [2.24, 2.45) is 0 Å². The van der Waals surface area contributed by atoms with E-state index >= 15 is 0 Å². The van der Waals surface area contributed by atoms with Crippen LogP contribution in [0.4, 0.5) is 0 Å². The fourth-order valence-corrected chi connectivity index (χ4v) is 4.22. The lowest BCUT2D eigenvalue weighted by Crippen LogP contribution is -2.28. The number of nitrogens with one attached hydrogen (secondary N) is 1. The van der Waals surface area contributed by atoms with E-state index in [1.807, 2.05) is 110 Å². The van der Waals surface area contributed by atoms with Gasteiger partial charge in [0.25, 0.3) is 5.91 Å². The van der Waals surface area contributed by atoms with Crippen LogP contribution in [0.5, 0.6) is 11.6 Å². The Kier molecular flexibility index (Phi) is 7.12. The topological polar surface area (TPSA) is 78.3 Å². The number of hydrogen-bond acceptors (Lipinski definition) is 5. The van der Waals surface area contributed by atoms with E-state index in [0.29, 0.717) is 24.7 Å². The number of ether oxygens (including phenoxy) is 2. The third-order valence-corrected chi connectivity index (χ3v) is 5.96. The molecule has 0 fully saturated rings. The molecule has 0 radical (unpaired) electrons. The van der Waals surface area contributed by atoms with Crippen LogP contribution >= 0.6 is 0 Å². The standard InChI is InChI=1S/C30H28N4O3/c1-3-36-25-17-11-10-14-23(25)19-31-26(35)20-37-27-18-21(2)28-29(22-12-6-4-7-13-22)33-34(30(28)32-27)24-15-8-5-9-16-24/h4-18H,3,19-20H2,1-2H3,(H,31,35). The quantitative estimate of drug-likeness (QED) is 0.294. The number of fused-ring (bicyclic) bond motifs is 1. The largest absolute Gasteiger partial charge is 0.494 e. The van der Waals surface area contributed by atoms with Crippen molar-refractivity contribution < 1.29 is 14.3 Å². The summed E-state index contributed by atoms with van der Waals surface area (Å²) in [4.78, 5) is 17.3. The number of carbonyl (C=O) groups excluding carboxylic acids is 1. The van der Waals surface area contributed by atoms with Gasteiger partial charge in [-0.05, 0) is 37.6 Å². The maximum Gasteiger partial charge on any atom is 0.258 e. The van der Waals surface area contributed by atoms with Gasteiger partial charge in [-0.25, -0.2) is 4.68 Å². The molecule has 0 unspecified atom stereocenters. The molecule has 186 valence electrons. The number of rotatable bonds is 9. The van der Waals surface area contributed by atoms with Crippen LogP contribution in [0.25, 0.3) is 28.0 Å². The van der Waals surface area contributed by atoms with Crippen molar-refractivity contribution >= 4 is 16.9 Å². The molecule has 5 rings (SSSR count). The van der Waals surface area contributed by atoms with E-state index in [1.54, 1.807) is 0 Å². The normalized spacial score (nSPS) is 10.9. The number of benzene rings is 3. The van der Waals surface area contributed by atoms with Crippen molar-refractivity contribution in [2.45, 2.75) is 20.4 Å². The van der Waals surface area contributed by atoms with Gasteiger partial charge in [0.1, 0.15) is 11.4 Å². The van der Waals surface area contributed by atoms with Gasteiger partial charge in [0.15, 0.2) is 12.3 Å². The van der Waals surface area contributed by atoms with E-state index in [2.05, 4.69) is 5.32 Å². The van der Waals surface area contributed by atoms with Gasteiger partial charge in [0.05, 0.1) is 17.7 Å². The Morgan fingerprint density at radius 2 is 1.62 bits per heavy atom. The Labute approximate surface area is 215 Å². The van der Waals surface area contributed by atoms with E-state index < -0.39 is 0 Å². The molecule has 0 aliphatic rings. The summed E-state index contributed by atoms with van der Waals surface area (Å²) in [5, 5.41) is 8.76. The Hall–Kier alpha value is -4.65. The van der Waals surface area contributed by atoms with E-state index in [4.69, 9.17) is 19.6 Å². The number of hydrogen-bond donors (Lipinski definition) is 1. The number of carbonyl (C=O) groups is 1. The van der Waals surface area contributed by atoms with Crippen LogP contribution in [0.3, 0.4) is 0 Å². The molecule has 2 heterocycles. The second-order valence-electron chi connectivity index (χ2n) is 8.54. The lowest BCUT2D eigenvalue weighted by Gasteiger charge is -2.12. The fourth-order valence-electron chi connectivity index (χ4n) is 4.22. The average molecular weight is 493 g/mol. The average Bonchev–Trinajstić information content (AvgIpc) is 3.33. The van der Waals surface area contributed by atoms with E-state index in [0.717, 1.165) is 39.2 Å². The molecule has 1 N–H and O–H groups in total. The maximum atomic E-state index is 12.6. The number of aryl methyl sites for hydroxylation is 1. The molecule has 0 saturated heterocycles. The predicted molar refractivity (Wildman–Crippen MR) is 144 cm³/mol. The molecule has 0 bridgehead atoms. The van der Waals surface area contributed by atoms with Crippen LogP contribution in [-0.4, -0.2) is 33.9 Å². The number of nitrogens with zero attached hydrogens (tertiary/aromatic N) is 3. The Morgan fingerprint density at radius 1 is 0.919 bits per heavy atom. The summed E-state index contributed by atoms with van der Waals surface area (Å²) < 4.78 is 13.3. The van der Waals surface area contributed by atoms with Crippen molar-refractivity contribution in [1.82, 2.24) is 20.1 Å². The molecule has 0 saturated carbocycles. The summed E-state index contributed by atoms with van der Waals surface area (Å²) in [6, 6.07) is 29.4. The third kappa shape index (κ3) is 5.30. The van der Waals surface area contributed by atoms with Crippen LogP contribution in [0.15, 0.2) is 91.0 Å². The van der Waals surface area contributed by atoms with Gasteiger partial charge in [0, 0.05) is 23.7 Å². The highest BCUT2D eigenvalue weighted by molar-refractivity contribution is 5.95. The van der Waals surface area contributed by atoms with E-state index in [-0.39, 0.29) is 12.5 Å². The van der Waals surface area contributed by atoms with Gasteiger partial charge in [-0.3, -0.25) is 4.79 Å². The molecule has 3 aromatic carbocycles. The molecule has 0 aliphatic carbocycles. The summed E-state index contributed by atoms with van der Waals surface area (Å²) in [5.41, 5.74) is 5.30. The zero-order valence-corrected chi connectivity index (χ0v) is 20.8. The molecule has 0 spiro atoms. The van der Waals surface area contributed by atoms with Crippen LogP contribution in [0.2, 0.25) is 0 Å². The minimum atomic E-state index is -0.243. The molecule has 7 nitrogen and oxygen atoms in total. The second kappa shape index (κ2) is 11.0. The van der Waals surface area contributed by atoms with Crippen LogP contribution < -0.4 is 14.8 Å². The summed E-state index contributed by atoms with van der Waals surface area (Å²) in [5.74, 6) is 0.885. The highest BCUT2D eigenvalue weighted by atomic mass is 16.5. The molecule has 0 atom stereocenters. The summed E-state index contributed by atoms with van der Waals surface area (Å²) in [7, 11) is 0. The van der Waals surface area contributed by atoms with Gasteiger partial charge in [-0.15, -0.1) is 0 Å². The molecule has 37 heavy (non-hydrogen) atoms. The first-order valence-corrected chi connectivity index (χ1v) is 12.3. The van der Waals surface area contributed by atoms with E-state index in [9.17, 15) is 4.79 Å². The zero-order valence-electron chi connectivity index (χ0n) is 20.8. The van der Waals surface area contributed by atoms with Gasteiger partial charge < -0.3 is 14.8 Å². The molecule has 1 amide bonds. The fraction of sp³-hybridized carbons (Fsp3) is 0.167. The van der Waals surface area contributed by atoms with Crippen molar-refractivity contribution in [1.29, 1.82) is 0 Å². The van der Waals surface area contributed by atoms with Crippen molar-refractivity contribution in [3.8, 4) is 28.6 Å². The molecule has 2 aromatic heterocycles. The smallest absolute Gasteiger partial charge is 0.258 e. The Morgan fingerprint density at radius 3 is 2.38 bits per heavy atom. The van der Waals surface area contributed by atoms with Crippen molar-refractivity contribution in [3.63, 3.8) is 0 Å². The number of para-hydroxylation sites is 2. The molecule has 5 aromatic rings. The van der Waals surface area contributed by atoms with Crippen molar-refractivity contribution in [2.75, 3.05) is 13.2 Å². The SMILES string of the molecule is CCOc1ccccc1CNC(=O)COc1cc(C)c2c(-c3ccccc3)nn(-c3ccccc3)c2n1. The zero-order chi connectivity index (χ0) is 25.6. The van der Waals surface area contributed by atoms with Gasteiger partial charge in [0.2, 0.25) is 5.88 Å². The van der Waals surface area contributed by atoms with Crippen LogP contribution in [0, 0.1) is 6.92 Å². The first-order valence-electron chi connectivity index (χ1n) is 12.3. The van der Waals surface area contributed by atoms with Gasteiger partial charge in [-0.2, -0.15) is 10.1 Å². The first kappa shape index (κ1) is 24.1. The summed E-state index contributed by atoms with van der Waals surface area (Å²) in [6.45, 7) is 4.70. The molecule has 0 aliphatic heterocycles. The molecular formula is C30H28N4O3. The van der Waals surface area contributed by atoms with Crippen LogP contribution in [-0.2, 0) is 11.3 Å². The van der Waals surface area contributed by atoms with Crippen LogP contribution in [0.1, 0.15) is 18.1 Å². The monoisotopic (exact) mass is 492 g/mol. The molecule has 7 heteroatoms. The van der Waals surface area contributed by atoms with E-state index in [1.165, 1.54) is 0 Å². The minimum absolute atomic E-state index is 0.153. The summed E-state index contributed by atoms with van der Waals surface area (Å²) in [6.07, 6.45) is 0. The predicted octanol–water partition coefficient (Wildman–Crippen LogP) is 5.49. The third-order valence-electron chi connectivity index (χ3n) is 5.96. The Bertz CT molecular complexity index is 1510. The van der Waals surface area contributed by atoms with Gasteiger partial charge in [-0.1, -0.05) is 66.7 Å².